The average Bonchev–Trinajstić information content (AvgIpc) is 3.13. The number of rotatable bonds is 5. The number of anilines is 1. The number of carbonyl (C=O) groups excluding carboxylic acids is 2. The molecule has 142 valence electrons. The first kappa shape index (κ1) is 18.9. The number of benzene rings is 1. The van der Waals surface area contributed by atoms with Gasteiger partial charge in [-0.1, -0.05) is 0 Å². The highest BCUT2D eigenvalue weighted by atomic mass is 16.2. The number of ketones is 1. The zero-order valence-corrected chi connectivity index (χ0v) is 16.3. The van der Waals surface area contributed by atoms with E-state index >= 15 is 0 Å². The monoisotopic (exact) mass is 357 g/mol. The summed E-state index contributed by atoms with van der Waals surface area (Å²) in [5, 5.41) is 0. The van der Waals surface area contributed by atoms with Gasteiger partial charge in [0.05, 0.1) is 0 Å². The van der Waals surface area contributed by atoms with Crippen LogP contribution in [-0.2, 0) is 4.79 Å². The minimum absolute atomic E-state index is 0.104. The maximum Gasteiger partial charge on any atom is 0.222 e. The van der Waals surface area contributed by atoms with Gasteiger partial charge in [-0.25, -0.2) is 0 Å². The van der Waals surface area contributed by atoms with Crippen molar-refractivity contribution < 1.29 is 9.59 Å². The van der Waals surface area contributed by atoms with Gasteiger partial charge in [-0.2, -0.15) is 0 Å². The normalized spacial score (nSPS) is 21.5. The quantitative estimate of drug-likeness (QED) is 0.760. The Kier molecular flexibility index (Phi) is 5.97. The van der Waals surface area contributed by atoms with Crippen LogP contribution in [0.2, 0.25) is 0 Å². The summed E-state index contributed by atoms with van der Waals surface area (Å²) in [6, 6.07) is 8.39. The molecule has 0 spiro atoms. The first-order valence-electron chi connectivity index (χ1n) is 9.74. The summed E-state index contributed by atoms with van der Waals surface area (Å²) in [6.07, 6.45) is 3.90. The van der Waals surface area contributed by atoms with Gasteiger partial charge >= 0.3 is 0 Å². The molecule has 0 radical (unpaired) electrons. The van der Waals surface area contributed by atoms with Crippen molar-refractivity contribution in [3.8, 4) is 0 Å². The van der Waals surface area contributed by atoms with E-state index in [9.17, 15) is 9.59 Å². The molecule has 2 saturated heterocycles. The molecule has 1 aromatic rings. The van der Waals surface area contributed by atoms with Gasteiger partial charge < -0.3 is 14.7 Å². The molecule has 2 fully saturated rings. The van der Waals surface area contributed by atoms with E-state index in [1.165, 1.54) is 5.69 Å². The molecule has 0 aromatic heterocycles. The Bertz CT molecular complexity index is 633. The predicted octanol–water partition coefficient (Wildman–Crippen LogP) is 2.66. The van der Waals surface area contributed by atoms with E-state index in [-0.39, 0.29) is 5.78 Å². The van der Waals surface area contributed by atoms with Crippen molar-refractivity contribution in [2.75, 3.05) is 45.2 Å². The van der Waals surface area contributed by atoms with Crippen molar-refractivity contribution in [3.05, 3.63) is 29.8 Å². The number of nitrogens with zero attached hydrogens (tertiary/aromatic N) is 3. The molecule has 3 rings (SSSR count). The van der Waals surface area contributed by atoms with Gasteiger partial charge in [0.15, 0.2) is 5.78 Å². The van der Waals surface area contributed by atoms with Crippen LogP contribution in [0.3, 0.4) is 0 Å². The number of likely N-dealkylation sites (tertiary alicyclic amines) is 1. The zero-order valence-electron chi connectivity index (χ0n) is 16.3. The van der Waals surface area contributed by atoms with Crippen LogP contribution in [0, 0.1) is 5.92 Å². The zero-order chi connectivity index (χ0) is 18.7. The molecular weight excluding hydrogens is 326 g/mol. The number of hydrogen-bond donors (Lipinski definition) is 0. The van der Waals surface area contributed by atoms with Gasteiger partial charge in [-0.15, -0.1) is 0 Å². The van der Waals surface area contributed by atoms with Crippen LogP contribution in [0.15, 0.2) is 24.3 Å². The lowest BCUT2D eigenvalue weighted by molar-refractivity contribution is -0.131. The number of piperidine rings is 1. The summed E-state index contributed by atoms with van der Waals surface area (Å²) < 4.78 is 0. The lowest BCUT2D eigenvalue weighted by Gasteiger charge is -2.34. The predicted molar refractivity (Wildman–Crippen MR) is 105 cm³/mol. The van der Waals surface area contributed by atoms with Crippen LogP contribution < -0.4 is 4.90 Å². The standard InChI is InChI=1S/C21H31N3O2/c1-16(25)18-4-6-19(7-5-18)23-11-8-17(9-12-23)14-21(26)24-13-10-20(15-24)22(2)3/h4-7,17,20H,8-15H2,1-3H3. The first-order chi connectivity index (χ1) is 12.4. The highest BCUT2D eigenvalue weighted by Crippen LogP contribution is 2.27. The minimum atomic E-state index is 0.104. The van der Waals surface area contributed by atoms with Gasteiger partial charge in [0.25, 0.3) is 0 Å². The second kappa shape index (κ2) is 8.21. The fourth-order valence-corrected chi connectivity index (χ4v) is 4.07. The van der Waals surface area contributed by atoms with E-state index in [1.54, 1.807) is 6.92 Å². The van der Waals surface area contributed by atoms with Crippen molar-refractivity contribution in [1.82, 2.24) is 9.80 Å². The van der Waals surface area contributed by atoms with E-state index in [1.807, 2.05) is 24.3 Å². The molecule has 26 heavy (non-hydrogen) atoms. The first-order valence-corrected chi connectivity index (χ1v) is 9.74. The molecule has 2 aliphatic heterocycles. The number of carbonyl (C=O) groups is 2. The van der Waals surface area contributed by atoms with E-state index < -0.39 is 0 Å². The van der Waals surface area contributed by atoms with E-state index in [4.69, 9.17) is 0 Å². The summed E-state index contributed by atoms with van der Waals surface area (Å²) in [4.78, 5) is 30.6. The molecule has 1 unspecified atom stereocenters. The maximum atomic E-state index is 12.6. The third kappa shape index (κ3) is 4.44. The lowest BCUT2D eigenvalue weighted by Crippen LogP contribution is -2.38. The molecule has 1 atom stereocenters. The SMILES string of the molecule is CC(=O)c1ccc(N2CCC(CC(=O)N3CCC(N(C)C)C3)CC2)cc1. The van der Waals surface area contributed by atoms with Crippen molar-refractivity contribution >= 4 is 17.4 Å². The van der Waals surface area contributed by atoms with Gasteiger partial charge in [0, 0.05) is 49.9 Å². The largest absolute Gasteiger partial charge is 0.372 e. The molecule has 2 aliphatic rings. The van der Waals surface area contributed by atoms with E-state index in [2.05, 4.69) is 28.8 Å². The van der Waals surface area contributed by atoms with Crippen molar-refractivity contribution in [2.45, 2.75) is 38.6 Å². The highest BCUT2D eigenvalue weighted by molar-refractivity contribution is 5.94. The van der Waals surface area contributed by atoms with Crippen molar-refractivity contribution in [2.24, 2.45) is 5.92 Å². The Labute approximate surface area is 156 Å². The Balaban J connectivity index is 1.46. The maximum absolute atomic E-state index is 12.6. The van der Waals surface area contributed by atoms with Crippen molar-refractivity contribution in [1.29, 1.82) is 0 Å². The summed E-state index contributed by atoms with van der Waals surface area (Å²) in [5.74, 6) is 0.930. The Morgan fingerprint density at radius 3 is 2.23 bits per heavy atom. The van der Waals surface area contributed by atoms with Crippen molar-refractivity contribution in [3.63, 3.8) is 0 Å². The van der Waals surface area contributed by atoms with Gasteiger partial charge in [-0.05, 0) is 70.5 Å². The fourth-order valence-electron chi connectivity index (χ4n) is 4.07. The summed E-state index contributed by atoms with van der Waals surface area (Å²) in [7, 11) is 4.19. The summed E-state index contributed by atoms with van der Waals surface area (Å²) >= 11 is 0. The number of Topliss-reactive ketones (excluding diaryl/α,β-unsaturated/α-hetero) is 1. The third-order valence-electron chi connectivity index (χ3n) is 5.96. The molecule has 0 N–H and O–H groups in total. The lowest BCUT2D eigenvalue weighted by atomic mass is 9.92. The molecule has 2 heterocycles. The summed E-state index contributed by atoms with van der Waals surface area (Å²) in [5.41, 5.74) is 1.93. The number of amides is 1. The Hall–Kier alpha value is -1.88. The second-order valence-corrected chi connectivity index (χ2v) is 7.98. The number of likely N-dealkylation sites (N-methyl/N-ethyl adjacent to an activating group) is 1. The fraction of sp³-hybridized carbons (Fsp3) is 0.619. The van der Waals surface area contributed by atoms with Gasteiger partial charge in [-0.3, -0.25) is 9.59 Å². The van der Waals surface area contributed by atoms with Gasteiger partial charge in [0.2, 0.25) is 5.91 Å². The molecule has 5 heteroatoms. The third-order valence-corrected chi connectivity index (χ3v) is 5.96. The molecule has 1 aromatic carbocycles. The molecule has 0 aliphatic carbocycles. The van der Waals surface area contributed by atoms with E-state index in [0.717, 1.165) is 51.0 Å². The molecule has 0 saturated carbocycles. The molecular formula is C21H31N3O2. The molecule has 0 bridgehead atoms. The van der Waals surface area contributed by atoms with Crippen LogP contribution >= 0.6 is 0 Å². The summed E-state index contributed by atoms with van der Waals surface area (Å²) in [6.45, 7) is 5.35. The van der Waals surface area contributed by atoms with Crippen LogP contribution in [-0.4, -0.2) is 67.8 Å². The topological polar surface area (TPSA) is 43.9 Å². The van der Waals surface area contributed by atoms with Crippen LogP contribution in [0.1, 0.15) is 43.0 Å². The molecule has 5 nitrogen and oxygen atoms in total. The van der Waals surface area contributed by atoms with Crippen LogP contribution in [0.4, 0.5) is 5.69 Å². The van der Waals surface area contributed by atoms with Gasteiger partial charge in [0.1, 0.15) is 0 Å². The van der Waals surface area contributed by atoms with Crippen LogP contribution in [0.25, 0.3) is 0 Å². The minimum Gasteiger partial charge on any atom is -0.372 e. The average molecular weight is 357 g/mol. The Morgan fingerprint density at radius 2 is 1.69 bits per heavy atom. The smallest absolute Gasteiger partial charge is 0.222 e. The molecule has 1 amide bonds. The second-order valence-electron chi connectivity index (χ2n) is 7.98. The number of hydrogen-bond acceptors (Lipinski definition) is 4. The Morgan fingerprint density at radius 1 is 1.04 bits per heavy atom. The van der Waals surface area contributed by atoms with Crippen LogP contribution in [0.5, 0.6) is 0 Å². The highest BCUT2D eigenvalue weighted by Gasteiger charge is 2.29. The van der Waals surface area contributed by atoms with E-state index in [0.29, 0.717) is 24.3 Å².